The summed E-state index contributed by atoms with van der Waals surface area (Å²) in [7, 11) is 6.13. The van der Waals surface area contributed by atoms with E-state index in [1.54, 1.807) is 12.4 Å². The van der Waals surface area contributed by atoms with Crippen molar-refractivity contribution in [2.45, 2.75) is 6.42 Å². The fourth-order valence-electron chi connectivity index (χ4n) is 1.25. The number of rotatable bonds is 5. The maximum absolute atomic E-state index is 5.52. The number of nitrogens with zero attached hydrogens (tertiary/aromatic N) is 4. The summed E-state index contributed by atoms with van der Waals surface area (Å²) in [5.41, 5.74) is 6.11. The quantitative estimate of drug-likeness (QED) is 0.763. The van der Waals surface area contributed by atoms with E-state index in [9.17, 15) is 0 Å². The normalized spacial score (nSPS) is 10.7. The molecular weight excluding hydrogens is 190 g/mol. The zero-order valence-corrected chi connectivity index (χ0v) is 9.64. The van der Waals surface area contributed by atoms with E-state index in [0.717, 1.165) is 25.5 Å². The van der Waals surface area contributed by atoms with Crippen molar-refractivity contribution >= 4 is 11.6 Å². The summed E-state index contributed by atoms with van der Waals surface area (Å²) in [6, 6.07) is 0. The first-order chi connectivity index (χ1) is 7.09. The highest BCUT2D eigenvalue weighted by atomic mass is 15.2. The topological polar surface area (TPSA) is 58.3 Å². The summed E-state index contributed by atoms with van der Waals surface area (Å²) in [5.74, 6) is 0.725. The van der Waals surface area contributed by atoms with Crippen LogP contribution >= 0.6 is 0 Å². The Bertz CT molecular complexity index is 282. The first-order valence-electron chi connectivity index (χ1n) is 5.03. The lowest BCUT2D eigenvalue weighted by Crippen LogP contribution is -2.24. The van der Waals surface area contributed by atoms with Gasteiger partial charge in [0.25, 0.3) is 0 Å². The molecule has 0 fully saturated rings. The van der Waals surface area contributed by atoms with Gasteiger partial charge in [0.2, 0.25) is 5.95 Å². The molecule has 15 heavy (non-hydrogen) atoms. The summed E-state index contributed by atoms with van der Waals surface area (Å²) in [6.45, 7) is 2.02. The van der Waals surface area contributed by atoms with E-state index in [-0.39, 0.29) is 0 Å². The van der Waals surface area contributed by atoms with E-state index in [0.29, 0.717) is 5.69 Å². The van der Waals surface area contributed by atoms with Crippen LogP contribution in [0.5, 0.6) is 0 Å². The largest absolute Gasteiger partial charge is 0.396 e. The van der Waals surface area contributed by atoms with E-state index in [1.807, 2.05) is 11.9 Å². The summed E-state index contributed by atoms with van der Waals surface area (Å²) >= 11 is 0. The molecule has 0 saturated carbocycles. The maximum Gasteiger partial charge on any atom is 0.225 e. The fourth-order valence-corrected chi connectivity index (χ4v) is 1.25. The molecule has 1 aromatic heterocycles. The van der Waals surface area contributed by atoms with Gasteiger partial charge in [-0.15, -0.1) is 0 Å². The molecule has 1 heterocycles. The molecule has 0 bridgehead atoms. The van der Waals surface area contributed by atoms with Gasteiger partial charge >= 0.3 is 0 Å². The van der Waals surface area contributed by atoms with Gasteiger partial charge in [0.05, 0.1) is 18.1 Å². The smallest absolute Gasteiger partial charge is 0.225 e. The molecule has 0 aliphatic heterocycles. The van der Waals surface area contributed by atoms with Crippen molar-refractivity contribution in [3.63, 3.8) is 0 Å². The number of hydrogen-bond donors (Lipinski definition) is 1. The van der Waals surface area contributed by atoms with Gasteiger partial charge in [-0.05, 0) is 27.1 Å². The molecule has 0 saturated heterocycles. The Morgan fingerprint density at radius 3 is 2.27 bits per heavy atom. The van der Waals surface area contributed by atoms with Gasteiger partial charge in [-0.3, -0.25) is 0 Å². The monoisotopic (exact) mass is 209 g/mol. The van der Waals surface area contributed by atoms with Gasteiger partial charge in [0.15, 0.2) is 0 Å². The third kappa shape index (κ3) is 4.12. The molecular formula is C10H19N5. The minimum Gasteiger partial charge on any atom is -0.396 e. The third-order valence-electron chi connectivity index (χ3n) is 2.10. The van der Waals surface area contributed by atoms with Crippen LogP contribution < -0.4 is 10.6 Å². The Morgan fingerprint density at radius 2 is 1.73 bits per heavy atom. The van der Waals surface area contributed by atoms with Gasteiger partial charge < -0.3 is 15.5 Å². The van der Waals surface area contributed by atoms with Gasteiger partial charge in [0, 0.05) is 13.6 Å². The van der Waals surface area contributed by atoms with Crippen molar-refractivity contribution in [2.75, 3.05) is 44.9 Å². The van der Waals surface area contributed by atoms with E-state index in [1.165, 1.54) is 0 Å². The molecule has 0 unspecified atom stereocenters. The summed E-state index contributed by atoms with van der Waals surface area (Å²) < 4.78 is 0. The van der Waals surface area contributed by atoms with E-state index < -0.39 is 0 Å². The zero-order valence-electron chi connectivity index (χ0n) is 9.64. The van der Waals surface area contributed by atoms with Crippen LogP contribution in [0.25, 0.3) is 0 Å². The predicted molar refractivity (Wildman–Crippen MR) is 62.9 cm³/mol. The number of nitrogens with two attached hydrogens (primary N) is 1. The van der Waals surface area contributed by atoms with Crippen molar-refractivity contribution in [1.29, 1.82) is 0 Å². The van der Waals surface area contributed by atoms with Crippen molar-refractivity contribution < 1.29 is 0 Å². The fraction of sp³-hybridized carbons (Fsp3) is 0.600. The predicted octanol–water partition coefficient (Wildman–Crippen LogP) is 0.447. The average Bonchev–Trinajstić information content (AvgIpc) is 2.18. The molecule has 0 aliphatic rings. The second kappa shape index (κ2) is 5.50. The first kappa shape index (κ1) is 11.7. The second-order valence-corrected chi connectivity index (χ2v) is 3.89. The Kier molecular flexibility index (Phi) is 4.30. The van der Waals surface area contributed by atoms with Crippen molar-refractivity contribution in [3.05, 3.63) is 12.4 Å². The van der Waals surface area contributed by atoms with Crippen LogP contribution in [0.15, 0.2) is 12.4 Å². The number of anilines is 2. The highest BCUT2D eigenvalue weighted by molar-refractivity contribution is 5.37. The van der Waals surface area contributed by atoms with Gasteiger partial charge in [-0.2, -0.15) is 0 Å². The van der Waals surface area contributed by atoms with Crippen LogP contribution in [0.3, 0.4) is 0 Å². The maximum atomic E-state index is 5.52. The van der Waals surface area contributed by atoms with E-state index in [4.69, 9.17) is 5.73 Å². The lowest BCUT2D eigenvalue weighted by molar-refractivity contribution is 0.401. The van der Waals surface area contributed by atoms with Gasteiger partial charge in [-0.1, -0.05) is 0 Å². The molecule has 84 valence electrons. The van der Waals surface area contributed by atoms with E-state index in [2.05, 4.69) is 29.0 Å². The second-order valence-electron chi connectivity index (χ2n) is 3.89. The van der Waals surface area contributed by atoms with Crippen molar-refractivity contribution in [3.8, 4) is 0 Å². The van der Waals surface area contributed by atoms with Crippen LogP contribution in [-0.2, 0) is 0 Å². The van der Waals surface area contributed by atoms with Crippen molar-refractivity contribution in [1.82, 2.24) is 14.9 Å². The van der Waals surface area contributed by atoms with Crippen molar-refractivity contribution in [2.24, 2.45) is 0 Å². The Morgan fingerprint density at radius 1 is 1.13 bits per heavy atom. The summed E-state index contributed by atoms with van der Waals surface area (Å²) in [5, 5.41) is 0. The molecule has 5 nitrogen and oxygen atoms in total. The molecule has 0 atom stereocenters. The lowest BCUT2D eigenvalue weighted by atomic mass is 10.4. The van der Waals surface area contributed by atoms with Crippen LogP contribution in [0.1, 0.15) is 6.42 Å². The SMILES string of the molecule is CN(C)CCCN(C)c1ncc(N)cn1. The molecule has 5 heteroatoms. The Labute approximate surface area is 90.9 Å². The molecule has 0 aliphatic carbocycles. The van der Waals surface area contributed by atoms with Gasteiger partial charge in [-0.25, -0.2) is 9.97 Å². The molecule has 2 N–H and O–H groups in total. The van der Waals surface area contributed by atoms with Crippen LogP contribution in [0.4, 0.5) is 11.6 Å². The lowest BCUT2D eigenvalue weighted by Gasteiger charge is -2.18. The zero-order chi connectivity index (χ0) is 11.3. The molecule has 0 radical (unpaired) electrons. The highest BCUT2D eigenvalue weighted by Crippen LogP contribution is 2.05. The third-order valence-corrected chi connectivity index (χ3v) is 2.10. The summed E-state index contributed by atoms with van der Waals surface area (Å²) in [6.07, 6.45) is 4.35. The number of aromatic nitrogens is 2. The molecule has 0 amide bonds. The Hall–Kier alpha value is -1.36. The molecule has 0 aromatic carbocycles. The first-order valence-corrected chi connectivity index (χ1v) is 5.03. The Balaban J connectivity index is 2.40. The number of hydrogen-bond acceptors (Lipinski definition) is 5. The summed E-state index contributed by atoms with van der Waals surface area (Å²) in [4.78, 5) is 12.5. The average molecular weight is 209 g/mol. The molecule has 1 aromatic rings. The minimum atomic E-state index is 0.598. The highest BCUT2D eigenvalue weighted by Gasteiger charge is 2.03. The molecule has 0 spiro atoms. The minimum absolute atomic E-state index is 0.598. The van der Waals surface area contributed by atoms with Crippen LogP contribution in [0, 0.1) is 0 Å². The van der Waals surface area contributed by atoms with Crippen LogP contribution in [-0.4, -0.2) is 49.1 Å². The number of nitrogen functional groups attached to an aromatic ring is 1. The van der Waals surface area contributed by atoms with Crippen LogP contribution in [0.2, 0.25) is 0 Å². The standard InChI is InChI=1S/C10H19N5/c1-14(2)5-4-6-15(3)10-12-7-9(11)8-13-10/h7-8H,4-6,11H2,1-3H3. The van der Waals surface area contributed by atoms with Gasteiger partial charge in [0.1, 0.15) is 0 Å². The van der Waals surface area contributed by atoms with E-state index >= 15 is 0 Å². The molecule has 1 rings (SSSR count).